The van der Waals surface area contributed by atoms with Gasteiger partial charge in [-0.25, -0.2) is 0 Å². The van der Waals surface area contributed by atoms with Gasteiger partial charge in [0.05, 0.1) is 7.11 Å². The first-order valence-corrected chi connectivity index (χ1v) is 10.2. The van der Waals surface area contributed by atoms with E-state index < -0.39 is 15.2 Å². The van der Waals surface area contributed by atoms with Crippen LogP contribution in [0.25, 0.3) is 0 Å². The second-order valence-corrected chi connectivity index (χ2v) is 10.8. The molecule has 0 spiro atoms. The predicted octanol–water partition coefficient (Wildman–Crippen LogP) is 0.994. The Morgan fingerprint density at radius 1 is 1.25 bits per heavy atom. The zero-order chi connectivity index (χ0) is 15.3. The standard InChI is InChI=1S/C13H23BO5Si/c1-6-18-13(20(3,4)5)19-10-7-8-11(14(15)16)12(9-10)17-2/h7-9,13,15-16H,6H2,1-5H3. The fourth-order valence-electron chi connectivity index (χ4n) is 1.71. The van der Waals surface area contributed by atoms with Gasteiger partial charge in [0.2, 0.25) is 0 Å². The van der Waals surface area contributed by atoms with E-state index in [1.54, 1.807) is 18.2 Å². The van der Waals surface area contributed by atoms with E-state index in [1.807, 2.05) is 6.92 Å². The Bertz CT molecular complexity index is 433. The maximum atomic E-state index is 9.24. The van der Waals surface area contributed by atoms with Gasteiger partial charge in [0.1, 0.15) is 19.6 Å². The van der Waals surface area contributed by atoms with Gasteiger partial charge in [0.25, 0.3) is 0 Å². The van der Waals surface area contributed by atoms with Gasteiger partial charge in [0, 0.05) is 18.1 Å². The van der Waals surface area contributed by atoms with Crippen molar-refractivity contribution in [2.45, 2.75) is 32.5 Å². The van der Waals surface area contributed by atoms with Crippen molar-refractivity contribution in [3.63, 3.8) is 0 Å². The summed E-state index contributed by atoms with van der Waals surface area (Å²) in [5, 5.41) is 18.5. The topological polar surface area (TPSA) is 68.2 Å². The van der Waals surface area contributed by atoms with E-state index >= 15 is 0 Å². The van der Waals surface area contributed by atoms with E-state index in [2.05, 4.69) is 19.6 Å². The van der Waals surface area contributed by atoms with Crippen LogP contribution in [0.3, 0.4) is 0 Å². The van der Waals surface area contributed by atoms with Crippen molar-refractivity contribution in [2.24, 2.45) is 0 Å². The number of benzene rings is 1. The van der Waals surface area contributed by atoms with Crippen LogP contribution in [0.4, 0.5) is 0 Å². The van der Waals surface area contributed by atoms with E-state index in [4.69, 9.17) is 14.2 Å². The summed E-state index contributed by atoms with van der Waals surface area (Å²) in [7, 11) is -1.73. The summed E-state index contributed by atoms with van der Waals surface area (Å²) in [6.45, 7) is 9.00. The molecule has 20 heavy (non-hydrogen) atoms. The normalized spacial score (nSPS) is 12.9. The minimum absolute atomic E-state index is 0.262. The zero-order valence-corrected chi connectivity index (χ0v) is 13.7. The van der Waals surface area contributed by atoms with Gasteiger partial charge in [-0.15, -0.1) is 0 Å². The quantitative estimate of drug-likeness (QED) is 0.580. The van der Waals surface area contributed by atoms with Crippen LogP contribution in [0.2, 0.25) is 19.6 Å². The SMILES string of the molecule is CCOC(Oc1ccc(B(O)O)c(OC)c1)[Si](C)(C)C. The molecule has 0 saturated carbocycles. The summed E-state index contributed by atoms with van der Waals surface area (Å²) in [6, 6.07) is 4.90. The summed E-state index contributed by atoms with van der Waals surface area (Å²) in [6.07, 6.45) is 0. The zero-order valence-electron chi connectivity index (χ0n) is 12.7. The molecule has 0 bridgehead atoms. The molecular formula is C13H23BO5Si. The predicted molar refractivity (Wildman–Crippen MR) is 82.2 cm³/mol. The van der Waals surface area contributed by atoms with Gasteiger partial charge < -0.3 is 24.3 Å². The second kappa shape index (κ2) is 7.12. The first kappa shape index (κ1) is 17.0. The van der Waals surface area contributed by atoms with Crippen molar-refractivity contribution in [3.05, 3.63) is 18.2 Å². The van der Waals surface area contributed by atoms with Crippen LogP contribution in [-0.4, -0.2) is 44.9 Å². The van der Waals surface area contributed by atoms with Gasteiger partial charge in [-0.1, -0.05) is 25.7 Å². The Balaban J connectivity index is 2.97. The van der Waals surface area contributed by atoms with Crippen molar-refractivity contribution in [1.82, 2.24) is 0 Å². The number of ether oxygens (including phenoxy) is 3. The fraction of sp³-hybridized carbons (Fsp3) is 0.538. The van der Waals surface area contributed by atoms with Gasteiger partial charge in [-0.05, 0) is 13.0 Å². The van der Waals surface area contributed by atoms with Crippen LogP contribution in [-0.2, 0) is 4.74 Å². The van der Waals surface area contributed by atoms with Crippen molar-refractivity contribution in [3.8, 4) is 11.5 Å². The van der Waals surface area contributed by atoms with E-state index in [-0.39, 0.29) is 5.91 Å². The maximum Gasteiger partial charge on any atom is 0.492 e. The summed E-state index contributed by atoms with van der Waals surface area (Å²) >= 11 is 0. The third-order valence-electron chi connectivity index (χ3n) is 2.75. The van der Waals surface area contributed by atoms with Crippen molar-refractivity contribution >= 4 is 20.7 Å². The Hall–Kier alpha value is -1.02. The van der Waals surface area contributed by atoms with Crippen molar-refractivity contribution < 1.29 is 24.3 Å². The second-order valence-electron chi connectivity index (χ2n) is 5.55. The Morgan fingerprint density at radius 3 is 2.35 bits per heavy atom. The summed E-state index contributed by atoms with van der Waals surface area (Å²) in [5.41, 5.74) is 0.306. The molecule has 0 aliphatic rings. The van der Waals surface area contributed by atoms with E-state index in [0.717, 1.165) is 0 Å². The Kier molecular flexibility index (Phi) is 6.07. The lowest BCUT2D eigenvalue weighted by atomic mass is 9.79. The van der Waals surface area contributed by atoms with Gasteiger partial charge in [-0.3, -0.25) is 0 Å². The summed E-state index contributed by atoms with van der Waals surface area (Å²) in [5.74, 6) is 0.706. The average molecular weight is 298 g/mol. The molecule has 1 rings (SSSR count). The Morgan fingerprint density at radius 2 is 1.90 bits per heavy atom. The molecule has 1 aromatic carbocycles. The number of hydrogen-bond donors (Lipinski definition) is 2. The third-order valence-corrected chi connectivity index (χ3v) is 4.45. The Labute approximate surface area is 121 Å². The van der Waals surface area contributed by atoms with Gasteiger partial charge in [0.15, 0.2) is 5.91 Å². The highest BCUT2D eigenvalue weighted by Gasteiger charge is 2.30. The highest BCUT2D eigenvalue weighted by Crippen LogP contribution is 2.22. The van der Waals surface area contributed by atoms with Crippen LogP contribution in [0.1, 0.15) is 6.92 Å². The summed E-state index contributed by atoms with van der Waals surface area (Å²) < 4.78 is 16.7. The summed E-state index contributed by atoms with van der Waals surface area (Å²) in [4.78, 5) is 0. The minimum atomic E-state index is -1.64. The smallest absolute Gasteiger partial charge is 0.492 e. The molecule has 5 nitrogen and oxygen atoms in total. The lowest BCUT2D eigenvalue weighted by Gasteiger charge is -2.29. The van der Waals surface area contributed by atoms with Crippen molar-refractivity contribution in [1.29, 1.82) is 0 Å². The molecule has 7 heteroatoms. The lowest BCUT2D eigenvalue weighted by molar-refractivity contribution is -0.0234. The highest BCUT2D eigenvalue weighted by molar-refractivity contribution is 6.77. The largest absolute Gasteiger partial charge is 0.497 e. The molecule has 2 N–H and O–H groups in total. The maximum absolute atomic E-state index is 9.24. The van der Waals surface area contributed by atoms with Gasteiger partial charge in [-0.2, -0.15) is 0 Å². The molecule has 0 saturated heterocycles. The van der Waals surface area contributed by atoms with Crippen LogP contribution in [0.5, 0.6) is 11.5 Å². The molecule has 112 valence electrons. The first-order valence-electron chi connectivity index (χ1n) is 6.62. The molecule has 0 aromatic heterocycles. The van der Waals surface area contributed by atoms with Crippen LogP contribution in [0.15, 0.2) is 18.2 Å². The third kappa shape index (κ3) is 4.52. The molecule has 1 aromatic rings. The fourth-order valence-corrected chi connectivity index (χ4v) is 2.87. The average Bonchev–Trinajstić information content (AvgIpc) is 2.36. The molecule has 0 aliphatic carbocycles. The molecule has 1 atom stereocenters. The molecule has 0 amide bonds. The molecular weight excluding hydrogens is 275 g/mol. The van der Waals surface area contributed by atoms with Crippen LogP contribution in [0, 0.1) is 0 Å². The van der Waals surface area contributed by atoms with E-state index in [9.17, 15) is 10.0 Å². The number of hydrogen-bond acceptors (Lipinski definition) is 5. The van der Waals surface area contributed by atoms with Crippen LogP contribution < -0.4 is 14.9 Å². The number of methoxy groups -OCH3 is 1. The van der Waals surface area contributed by atoms with Gasteiger partial charge >= 0.3 is 7.12 Å². The van der Waals surface area contributed by atoms with Crippen molar-refractivity contribution in [2.75, 3.05) is 13.7 Å². The molecule has 0 aliphatic heterocycles. The molecule has 1 unspecified atom stereocenters. The minimum Gasteiger partial charge on any atom is -0.497 e. The van der Waals surface area contributed by atoms with E-state index in [0.29, 0.717) is 23.6 Å². The lowest BCUT2D eigenvalue weighted by Crippen LogP contribution is -2.44. The van der Waals surface area contributed by atoms with Crippen LogP contribution >= 0.6 is 0 Å². The molecule has 0 fully saturated rings. The van der Waals surface area contributed by atoms with E-state index in [1.165, 1.54) is 7.11 Å². The molecule has 0 radical (unpaired) electrons. The monoisotopic (exact) mass is 298 g/mol. The molecule has 0 heterocycles. The first-order chi connectivity index (χ1) is 9.29. The number of rotatable bonds is 7. The highest BCUT2D eigenvalue weighted by atomic mass is 28.3.